The molecule has 0 fully saturated rings. The van der Waals surface area contributed by atoms with Gasteiger partial charge in [0.05, 0.1) is 26.4 Å². The Labute approximate surface area is 115 Å². The summed E-state index contributed by atoms with van der Waals surface area (Å²) in [6.45, 7) is 3.08. The second-order valence-electron chi connectivity index (χ2n) is 4.15. The molecule has 0 aliphatic rings. The first-order valence-corrected chi connectivity index (χ1v) is 6.85. The maximum Gasteiger partial charge on any atom is 0.119 e. The smallest absolute Gasteiger partial charge is 0.119 e. The highest BCUT2D eigenvalue weighted by atomic mass is 16.5. The van der Waals surface area contributed by atoms with Crippen molar-refractivity contribution in [1.82, 2.24) is 0 Å². The van der Waals surface area contributed by atoms with E-state index in [4.69, 9.17) is 14.2 Å². The standard InChI is InChI=1S/C15H23O4/c16-9-6-11-18-14-13-17-10-4-5-12-19-15-7-2-1-3-8-15/h1-3,7-8H,4-6,9-14H2. The predicted molar refractivity (Wildman–Crippen MR) is 73.0 cm³/mol. The molecule has 0 atom stereocenters. The maximum absolute atomic E-state index is 10.1. The third kappa shape index (κ3) is 9.47. The van der Waals surface area contributed by atoms with Crippen LogP contribution in [-0.4, -0.2) is 39.6 Å². The molecule has 0 aliphatic heterocycles. The Hall–Kier alpha value is -1.10. The number of hydrogen-bond acceptors (Lipinski definition) is 3. The molecule has 0 saturated carbocycles. The quantitative estimate of drug-likeness (QED) is 0.547. The first-order chi connectivity index (χ1) is 9.43. The summed E-state index contributed by atoms with van der Waals surface area (Å²) >= 11 is 0. The largest absolute Gasteiger partial charge is 0.494 e. The van der Waals surface area contributed by atoms with Gasteiger partial charge >= 0.3 is 0 Å². The van der Waals surface area contributed by atoms with Crippen LogP contribution in [0, 0.1) is 0 Å². The van der Waals surface area contributed by atoms with Crippen LogP contribution in [0.15, 0.2) is 30.3 Å². The molecule has 19 heavy (non-hydrogen) atoms. The van der Waals surface area contributed by atoms with E-state index in [0.717, 1.165) is 25.2 Å². The van der Waals surface area contributed by atoms with Crippen molar-refractivity contribution in [2.24, 2.45) is 0 Å². The van der Waals surface area contributed by atoms with E-state index in [1.54, 1.807) is 0 Å². The van der Waals surface area contributed by atoms with Crippen molar-refractivity contribution in [3.63, 3.8) is 0 Å². The number of para-hydroxylation sites is 1. The van der Waals surface area contributed by atoms with Gasteiger partial charge in [-0.05, 0) is 31.4 Å². The fraction of sp³-hybridized carbons (Fsp3) is 0.600. The lowest BCUT2D eigenvalue weighted by molar-refractivity contribution is 0.0369. The third-order valence-electron chi connectivity index (χ3n) is 2.50. The molecule has 1 radical (unpaired) electrons. The molecule has 0 heterocycles. The average Bonchev–Trinajstić information content (AvgIpc) is 2.46. The van der Waals surface area contributed by atoms with Crippen molar-refractivity contribution >= 4 is 0 Å². The lowest BCUT2D eigenvalue weighted by atomic mass is 10.3. The van der Waals surface area contributed by atoms with Crippen LogP contribution < -0.4 is 4.74 Å². The molecule has 0 aromatic heterocycles. The van der Waals surface area contributed by atoms with Gasteiger partial charge in [-0.25, -0.2) is 5.11 Å². The minimum atomic E-state index is -0.0672. The van der Waals surface area contributed by atoms with Crippen molar-refractivity contribution in [3.8, 4) is 5.75 Å². The fourth-order valence-corrected chi connectivity index (χ4v) is 1.50. The zero-order valence-corrected chi connectivity index (χ0v) is 11.4. The van der Waals surface area contributed by atoms with Crippen LogP contribution in [0.25, 0.3) is 0 Å². The lowest BCUT2D eigenvalue weighted by Gasteiger charge is -2.07. The van der Waals surface area contributed by atoms with Crippen LogP contribution in [0.1, 0.15) is 19.3 Å². The van der Waals surface area contributed by atoms with Crippen LogP contribution in [-0.2, 0) is 14.6 Å². The number of benzene rings is 1. The van der Waals surface area contributed by atoms with Gasteiger partial charge in [-0.15, -0.1) is 0 Å². The predicted octanol–water partition coefficient (Wildman–Crippen LogP) is 2.70. The van der Waals surface area contributed by atoms with Crippen molar-refractivity contribution in [2.75, 3.05) is 39.6 Å². The topological polar surface area (TPSA) is 47.6 Å². The first kappa shape index (κ1) is 16.0. The number of ether oxygens (including phenoxy) is 3. The summed E-state index contributed by atoms with van der Waals surface area (Å²) in [4.78, 5) is 0. The van der Waals surface area contributed by atoms with E-state index >= 15 is 0 Å². The van der Waals surface area contributed by atoms with Crippen molar-refractivity contribution in [1.29, 1.82) is 0 Å². The van der Waals surface area contributed by atoms with Crippen molar-refractivity contribution in [3.05, 3.63) is 30.3 Å². The SMILES string of the molecule is [O]CCCOCCOCCCCOc1ccccc1. The van der Waals surface area contributed by atoms with Crippen molar-refractivity contribution < 1.29 is 19.3 Å². The monoisotopic (exact) mass is 267 g/mol. The maximum atomic E-state index is 10.1. The Morgan fingerprint density at radius 1 is 0.737 bits per heavy atom. The van der Waals surface area contributed by atoms with E-state index in [0.29, 0.717) is 32.8 Å². The molecule has 4 nitrogen and oxygen atoms in total. The molecule has 0 spiro atoms. The Kier molecular flexibility index (Phi) is 10.0. The van der Waals surface area contributed by atoms with Gasteiger partial charge in [0.25, 0.3) is 0 Å². The number of rotatable bonds is 12. The fourth-order valence-electron chi connectivity index (χ4n) is 1.50. The van der Waals surface area contributed by atoms with Crippen LogP contribution in [0.3, 0.4) is 0 Å². The molecular weight excluding hydrogens is 244 g/mol. The highest BCUT2D eigenvalue weighted by molar-refractivity contribution is 5.20. The highest BCUT2D eigenvalue weighted by Crippen LogP contribution is 2.08. The molecule has 1 rings (SSSR count). The molecule has 0 unspecified atom stereocenters. The van der Waals surface area contributed by atoms with E-state index in [2.05, 4.69) is 0 Å². The number of hydrogen-bond donors (Lipinski definition) is 0. The van der Waals surface area contributed by atoms with E-state index < -0.39 is 0 Å². The van der Waals surface area contributed by atoms with Gasteiger partial charge in [0.15, 0.2) is 0 Å². The second kappa shape index (κ2) is 12.0. The molecule has 0 amide bonds. The first-order valence-electron chi connectivity index (χ1n) is 6.85. The van der Waals surface area contributed by atoms with E-state index in [1.807, 2.05) is 30.3 Å². The third-order valence-corrected chi connectivity index (χ3v) is 2.50. The van der Waals surface area contributed by atoms with E-state index in [1.165, 1.54) is 0 Å². The second-order valence-corrected chi connectivity index (χ2v) is 4.15. The van der Waals surface area contributed by atoms with Crippen LogP contribution in [0.2, 0.25) is 0 Å². The molecule has 0 bridgehead atoms. The molecule has 0 saturated heterocycles. The summed E-state index contributed by atoms with van der Waals surface area (Å²) in [5.41, 5.74) is 0. The van der Waals surface area contributed by atoms with Gasteiger partial charge < -0.3 is 14.2 Å². The summed E-state index contributed by atoms with van der Waals surface area (Å²) in [5.74, 6) is 0.912. The molecule has 107 valence electrons. The van der Waals surface area contributed by atoms with Crippen molar-refractivity contribution in [2.45, 2.75) is 19.3 Å². The summed E-state index contributed by atoms with van der Waals surface area (Å²) < 4.78 is 16.2. The molecular formula is C15H23O4. The van der Waals surface area contributed by atoms with Gasteiger partial charge in [0, 0.05) is 13.2 Å². The van der Waals surface area contributed by atoms with Gasteiger partial charge in [-0.1, -0.05) is 18.2 Å². The zero-order chi connectivity index (χ0) is 13.6. The van der Waals surface area contributed by atoms with E-state index in [9.17, 15) is 5.11 Å². The molecule has 4 heteroatoms. The van der Waals surface area contributed by atoms with Gasteiger partial charge in [-0.2, -0.15) is 0 Å². The highest BCUT2D eigenvalue weighted by Gasteiger charge is 1.94. The molecule has 0 aliphatic carbocycles. The number of unbranched alkanes of at least 4 members (excludes halogenated alkanes) is 1. The Morgan fingerprint density at radius 2 is 1.37 bits per heavy atom. The normalized spacial score (nSPS) is 10.6. The van der Waals surface area contributed by atoms with E-state index in [-0.39, 0.29) is 6.61 Å². The van der Waals surface area contributed by atoms with Crippen LogP contribution in [0.5, 0.6) is 5.75 Å². The summed E-state index contributed by atoms with van der Waals surface area (Å²) in [5, 5.41) is 10.1. The molecule has 1 aromatic carbocycles. The van der Waals surface area contributed by atoms with Gasteiger partial charge in [-0.3, -0.25) is 0 Å². The average molecular weight is 267 g/mol. The summed E-state index contributed by atoms with van der Waals surface area (Å²) in [6, 6.07) is 9.81. The summed E-state index contributed by atoms with van der Waals surface area (Å²) in [6.07, 6.45) is 2.54. The molecule has 1 aromatic rings. The van der Waals surface area contributed by atoms with Gasteiger partial charge in [0.2, 0.25) is 0 Å². The Balaban J connectivity index is 1.79. The Bertz CT molecular complexity index is 289. The van der Waals surface area contributed by atoms with Gasteiger partial charge in [0.1, 0.15) is 5.75 Å². The Morgan fingerprint density at radius 3 is 2.05 bits per heavy atom. The minimum Gasteiger partial charge on any atom is -0.494 e. The van der Waals surface area contributed by atoms with Crippen LogP contribution in [0.4, 0.5) is 0 Å². The molecule has 0 N–H and O–H groups in total. The summed E-state index contributed by atoms with van der Waals surface area (Å²) in [7, 11) is 0. The lowest BCUT2D eigenvalue weighted by Crippen LogP contribution is -2.07. The van der Waals surface area contributed by atoms with Crippen LogP contribution >= 0.6 is 0 Å². The zero-order valence-electron chi connectivity index (χ0n) is 11.4. The minimum absolute atomic E-state index is 0.0672.